The van der Waals surface area contributed by atoms with E-state index in [0.717, 1.165) is 11.0 Å². The van der Waals surface area contributed by atoms with Crippen molar-refractivity contribution in [1.29, 1.82) is 0 Å². The molecule has 1 aromatic carbocycles. The second kappa shape index (κ2) is 5.66. The van der Waals surface area contributed by atoms with E-state index < -0.39 is 0 Å². The number of benzene rings is 1. The summed E-state index contributed by atoms with van der Waals surface area (Å²) in [7, 11) is 0. The van der Waals surface area contributed by atoms with Crippen LogP contribution in [0.5, 0.6) is 0 Å². The molecule has 0 amide bonds. The van der Waals surface area contributed by atoms with Gasteiger partial charge in [0, 0.05) is 10.0 Å². The zero-order valence-corrected chi connectivity index (χ0v) is 11.4. The van der Waals surface area contributed by atoms with E-state index in [1.807, 2.05) is 0 Å². The maximum Gasteiger partial charge on any atom is 0.0377 e. The third kappa shape index (κ3) is 3.96. The molecule has 84 valence electrons. The largest absolute Gasteiger partial charge is 0.308 e. The van der Waals surface area contributed by atoms with E-state index in [2.05, 4.69) is 66.3 Å². The van der Waals surface area contributed by atoms with Crippen molar-refractivity contribution in [2.24, 2.45) is 0 Å². The predicted octanol–water partition coefficient (Wildman–Crippen LogP) is 4.07. The maximum absolute atomic E-state index is 3.58. The Morgan fingerprint density at radius 2 is 1.80 bits per heavy atom. The Bertz CT molecular complexity index is 290. The minimum Gasteiger partial charge on any atom is -0.308 e. The van der Waals surface area contributed by atoms with Crippen LogP contribution < -0.4 is 5.32 Å². The molecule has 2 heteroatoms. The average molecular weight is 270 g/mol. The summed E-state index contributed by atoms with van der Waals surface area (Å²) >= 11 is 3.46. The molecule has 0 aliphatic carbocycles. The third-order valence-corrected chi connectivity index (χ3v) is 3.19. The quantitative estimate of drug-likeness (QED) is 0.795. The first-order valence-electron chi connectivity index (χ1n) is 5.57. The van der Waals surface area contributed by atoms with Crippen molar-refractivity contribution in [3.63, 3.8) is 0 Å². The van der Waals surface area contributed by atoms with Gasteiger partial charge in [-0.15, -0.1) is 0 Å². The van der Waals surface area contributed by atoms with Crippen LogP contribution >= 0.6 is 15.9 Å². The number of hydrogen-bond acceptors (Lipinski definition) is 1. The highest BCUT2D eigenvalue weighted by Gasteiger charge is 2.18. The van der Waals surface area contributed by atoms with E-state index in [1.54, 1.807) is 0 Å². The molecule has 1 N–H and O–H groups in total. The Morgan fingerprint density at radius 3 is 2.33 bits per heavy atom. The normalized spacial score (nSPS) is 11.7. The summed E-state index contributed by atoms with van der Waals surface area (Å²) in [5, 5.41) is 3.58. The fraction of sp³-hybridized carbons (Fsp3) is 0.538. The van der Waals surface area contributed by atoms with E-state index in [1.165, 1.54) is 18.4 Å². The predicted molar refractivity (Wildman–Crippen MR) is 70.1 cm³/mol. The number of rotatable bonds is 5. The van der Waals surface area contributed by atoms with Gasteiger partial charge in [0.1, 0.15) is 0 Å². The average Bonchev–Trinajstić information content (AvgIpc) is 2.18. The van der Waals surface area contributed by atoms with Crippen molar-refractivity contribution < 1.29 is 0 Å². The van der Waals surface area contributed by atoms with Gasteiger partial charge in [0.15, 0.2) is 0 Å². The lowest BCUT2D eigenvalue weighted by molar-refractivity contribution is 0.399. The van der Waals surface area contributed by atoms with Gasteiger partial charge in [-0.25, -0.2) is 0 Å². The van der Waals surface area contributed by atoms with Crippen LogP contribution in [0, 0.1) is 0 Å². The molecule has 0 fully saturated rings. The molecule has 0 spiro atoms. The molecule has 0 atom stereocenters. The van der Waals surface area contributed by atoms with Gasteiger partial charge < -0.3 is 5.32 Å². The number of halogens is 1. The van der Waals surface area contributed by atoms with E-state index >= 15 is 0 Å². The second-order valence-corrected chi connectivity index (χ2v) is 5.33. The van der Waals surface area contributed by atoms with Crippen molar-refractivity contribution in [3.05, 3.63) is 34.3 Å². The lowest BCUT2D eigenvalue weighted by atomic mass is 9.94. The summed E-state index contributed by atoms with van der Waals surface area (Å²) in [6.07, 6.45) is 2.48. The van der Waals surface area contributed by atoms with Gasteiger partial charge in [-0.1, -0.05) is 41.4 Å². The monoisotopic (exact) mass is 269 g/mol. The van der Waals surface area contributed by atoms with E-state index in [9.17, 15) is 0 Å². The number of hydrogen-bond donors (Lipinski definition) is 1. The molecule has 0 aliphatic heterocycles. The molecular weight excluding hydrogens is 250 g/mol. The van der Waals surface area contributed by atoms with Crippen LogP contribution in [0.3, 0.4) is 0 Å². The van der Waals surface area contributed by atoms with Crippen molar-refractivity contribution in [1.82, 2.24) is 5.32 Å². The Hall–Kier alpha value is -0.340. The molecule has 0 unspecified atom stereocenters. The van der Waals surface area contributed by atoms with Crippen LogP contribution in [-0.2, 0) is 5.54 Å². The van der Waals surface area contributed by atoms with Gasteiger partial charge in [0.05, 0.1) is 0 Å². The van der Waals surface area contributed by atoms with Gasteiger partial charge >= 0.3 is 0 Å². The van der Waals surface area contributed by atoms with Gasteiger partial charge in [-0.05, 0) is 44.5 Å². The summed E-state index contributed by atoms with van der Waals surface area (Å²) in [4.78, 5) is 0. The van der Waals surface area contributed by atoms with Gasteiger partial charge in [-0.3, -0.25) is 0 Å². The smallest absolute Gasteiger partial charge is 0.0377 e. The number of unbranched alkanes of at least 4 members (excludes halogenated alkanes) is 1. The summed E-state index contributed by atoms with van der Waals surface area (Å²) < 4.78 is 1.13. The van der Waals surface area contributed by atoms with E-state index in [4.69, 9.17) is 0 Å². The van der Waals surface area contributed by atoms with Gasteiger partial charge in [0.2, 0.25) is 0 Å². The molecule has 0 heterocycles. The standard InChI is InChI=1S/C13H20BrN/c1-4-5-10-15-13(2,3)11-6-8-12(14)9-7-11/h6-9,15H,4-5,10H2,1-3H3. The second-order valence-electron chi connectivity index (χ2n) is 4.41. The maximum atomic E-state index is 3.58. The van der Waals surface area contributed by atoms with Gasteiger partial charge in [-0.2, -0.15) is 0 Å². The Balaban J connectivity index is 2.63. The summed E-state index contributed by atoms with van der Waals surface area (Å²) in [6.45, 7) is 7.76. The van der Waals surface area contributed by atoms with Crippen LogP contribution in [0.1, 0.15) is 39.2 Å². The molecule has 0 aliphatic rings. The SMILES string of the molecule is CCCCNC(C)(C)c1ccc(Br)cc1. The molecule has 1 nitrogen and oxygen atoms in total. The van der Waals surface area contributed by atoms with Crippen LogP contribution in [0.25, 0.3) is 0 Å². The van der Waals surface area contributed by atoms with E-state index in [0.29, 0.717) is 0 Å². The Morgan fingerprint density at radius 1 is 1.20 bits per heavy atom. The van der Waals surface area contributed by atoms with Crippen LogP contribution in [-0.4, -0.2) is 6.54 Å². The van der Waals surface area contributed by atoms with Crippen molar-refractivity contribution >= 4 is 15.9 Å². The topological polar surface area (TPSA) is 12.0 Å². The summed E-state index contributed by atoms with van der Waals surface area (Å²) in [5.41, 5.74) is 1.40. The van der Waals surface area contributed by atoms with Crippen molar-refractivity contribution in [2.45, 2.75) is 39.2 Å². The van der Waals surface area contributed by atoms with Crippen molar-refractivity contribution in [3.8, 4) is 0 Å². The summed E-state index contributed by atoms with van der Waals surface area (Å²) in [5.74, 6) is 0. The van der Waals surface area contributed by atoms with Crippen LogP contribution in [0.4, 0.5) is 0 Å². The third-order valence-electron chi connectivity index (χ3n) is 2.66. The highest BCUT2D eigenvalue weighted by molar-refractivity contribution is 9.10. The first-order valence-corrected chi connectivity index (χ1v) is 6.36. The zero-order chi connectivity index (χ0) is 11.3. The Kier molecular flexibility index (Phi) is 4.81. The Labute approximate surface area is 101 Å². The lowest BCUT2D eigenvalue weighted by Gasteiger charge is -2.27. The highest BCUT2D eigenvalue weighted by atomic mass is 79.9. The van der Waals surface area contributed by atoms with Gasteiger partial charge in [0.25, 0.3) is 0 Å². The molecule has 0 aromatic heterocycles. The minimum atomic E-state index is 0.0653. The zero-order valence-electron chi connectivity index (χ0n) is 9.81. The molecule has 0 saturated carbocycles. The van der Waals surface area contributed by atoms with Crippen molar-refractivity contribution in [2.75, 3.05) is 6.54 Å². The number of nitrogens with one attached hydrogen (secondary N) is 1. The lowest BCUT2D eigenvalue weighted by Crippen LogP contribution is -2.37. The fourth-order valence-corrected chi connectivity index (χ4v) is 1.81. The molecule has 0 saturated heterocycles. The molecule has 0 radical (unpaired) electrons. The highest BCUT2D eigenvalue weighted by Crippen LogP contribution is 2.21. The fourth-order valence-electron chi connectivity index (χ4n) is 1.55. The minimum absolute atomic E-state index is 0.0653. The molecular formula is C13H20BrN. The molecule has 15 heavy (non-hydrogen) atoms. The molecule has 1 aromatic rings. The van der Waals surface area contributed by atoms with Crippen LogP contribution in [0.15, 0.2) is 28.7 Å². The molecule has 0 bridgehead atoms. The first kappa shape index (κ1) is 12.7. The summed E-state index contributed by atoms with van der Waals surface area (Å²) in [6, 6.07) is 8.53. The van der Waals surface area contributed by atoms with Crippen LogP contribution in [0.2, 0.25) is 0 Å². The van der Waals surface area contributed by atoms with E-state index in [-0.39, 0.29) is 5.54 Å². The first-order chi connectivity index (χ1) is 7.06. The molecule has 1 rings (SSSR count).